The predicted molar refractivity (Wildman–Crippen MR) is 105 cm³/mol. The van der Waals surface area contributed by atoms with E-state index < -0.39 is 21.2 Å². The van der Waals surface area contributed by atoms with Crippen molar-refractivity contribution in [2.45, 2.75) is 37.4 Å². The quantitative estimate of drug-likeness (QED) is 0.651. The summed E-state index contributed by atoms with van der Waals surface area (Å²) in [4.78, 5) is 16.5. The van der Waals surface area contributed by atoms with Crippen molar-refractivity contribution in [2.75, 3.05) is 10.0 Å². The number of amides is 1. The number of aromatic nitrogens is 1. The van der Waals surface area contributed by atoms with E-state index in [0.717, 1.165) is 19.3 Å². The molecule has 0 bridgehead atoms. The molecular formula is C18H20ClN3O4S. The second-order valence-corrected chi connectivity index (χ2v) is 8.83. The van der Waals surface area contributed by atoms with Crippen molar-refractivity contribution in [3.63, 3.8) is 0 Å². The predicted octanol–water partition coefficient (Wildman–Crippen LogP) is 3.77. The summed E-state index contributed by atoms with van der Waals surface area (Å²) in [5.74, 6) is -0.642. The van der Waals surface area contributed by atoms with Crippen LogP contribution in [0.4, 0.5) is 11.5 Å². The van der Waals surface area contributed by atoms with Gasteiger partial charge in [-0.1, -0.05) is 36.9 Å². The number of pyridine rings is 1. The van der Waals surface area contributed by atoms with Gasteiger partial charge >= 0.3 is 0 Å². The average Bonchev–Trinajstić information content (AvgIpc) is 2.65. The number of phenolic OH excluding ortho intramolecular Hbond substituents is 1. The van der Waals surface area contributed by atoms with Gasteiger partial charge in [0.2, 0.25) is 10.0 Å². The van der Waals surface area contributed by atoms with Gasteiger partial charge < -0.3 is 10.4 Å². The van der Waals surface area contributed by atoms with Crippen molar-refractivity contribution >= 4 is 39.0 Å². The Hall–Kier alpha value is -2.32. The van der Waals surface area contributed by atoms with E-state index in [1.807, 2.05) is 0 Å². The number of hydrogen-bond donors (Lipinski definition) is 3. The molecule has 0 saturated heterocycles. The summed E-state index contributed by atoms with van der Waals surface area (Å²) in [6, 6.07) is 8.75. The standard InChI is InChI=1S/C18H20ClN3O4S/c19-12-9-10-16(23)15(11-12)21-18(24)14-7-4-8-17(20-14)22-27(25,26)13-5-2-1-3-6-13/h4,7-11,13,23H,1-3,5-6H2,(H,20,22)(H,21,24). The van der Waals surface area contributed by atoms with E-state index >= 15 is 0 Å². The van der Waals surface area contributed by atoms with E-state index in [9.17, 15) is 18.3 Å². The second-order valence-electron chi connectivity index (χ2n) is 6.43. The molecule has 1 aliphatic rings. The number of nitrogens with zero attached hydrogens (tertiary/aromatic N) is 1. The fourth-order valence-corrected chi connectivity index (χ4v) is 4.72. The van der Waals surface area contributed by atoms with Crippen molar-refractivity contribution in [2.24, 2.45) is 0 Å². The molecule has 7 nitrogen and oxygen atoms in total. The largest absolute Gasteiger partial charge is 0.506 e. The molecule has 1 heterocycles. The maximum absolute atomic E-state index is 12.5. The van der Waals surface area contributed by atoms with E-state index in [2.05, 4.69) is 15.0 Å². The van der Waals surface area contributed by atoms with Crippen LogP contribution in [-0.4, -0.2) is 29.7 Å². The number of rotatable bonds is 5. The van der Waals surface area contributed by atoms with E-state index in [1.54, 1.807) is 6.07 Å². The molecule has 2 aromatic rings. The molecule has 0 unspecified atom stereocenters. The molecule has 1 saturated carbocycles. The van der Waals surface area contributed by atoms with E-state index in [1.165, 1.54) is 30.3 Å². The van der Waals surface area contributed by atoms with Crippen LogP contribution in [0.15, 0.2) is 36.4 Å². The third kappa shape index (κ3) is 4.90. The Morgan fingerprint density at radius 3 is 2.63 bits per heavy atom. The van der Waals surface area contributed by atoms with Crippen molar-refractivity contribution < 1.29 is 18.3 Å². The van der Waals surface area contributed by atoms with Gasteiger partial charge in [0.05, 0.1) is 10.9 Å². The SMILES string of the molecule is O=C(Nc1cc(Cl)ccc1O)c1cccc(NS(=O)(=O)C2CCCCC2)n1. The monoisotopic (exact) mass is 409 g/mol. The minimum Gasteiger partial charge on any atom is -0.506 e. The lowest BCUT2D eigenvalue weighted by atomic mass is 10.0. The van der Waals surface area contributed by atoms with Crippen molar-refractivity contribution in [3.8, 4) is 5.75 Å². The zero-order chi connectivity index (χ0) is 19.4. The molecule has 3 rings (SSSR count). The summed E-state index contributed by atoms with van der Waals surface area (Å²) >= 11 is 5.86. The molecule has 0 atom stereocenters. The Bertz CT molecular complexity index is 943. The van der Waals surface area contributed by atoms with Crippen LogP contribution in [0.25, 0.3) is 0 Å². The van der Waals surface area contributed by atoms with Crippen LogP contribution in [-0.2, 0) is 10.0 Å². The van der Waals surface area contributed by atoms with Crippen molar-refractivity contribution in [3.05, 3.63) is 47.1 Å². The summed E-state index contributed by atoms with van der Waals surface area (Å²) in [6.45, 7) is 0. The molecule has 1 aliphatic carbocycles. The first-order valence-electron chi connectivity index (χ1n) is 8.64. The summed E-state index contributed by atoms with van der Waals surface area (Å²) in [5.41, 5.74) is 0.153. The highest BCUT2D eigenvalue weighted by Crippen LogP contribution is 2.27. The first-order chi connectivity index (χ1) is 12.8. The Morgan fingerprint density at radius 2 is 1.89 bits per heavy atom. The smallest absolute Gasteiger partial charge is 0.274 e. The summed E-state index contributed by atoms with van der Waals surface area (Å²) < 4.78 is 27.5. The summed E-state index contributed by atoms with van der Waals surface area (Å²) in [5, 5.41) is 12.2. The van der Waals surface area contributed by atoms with Crippen molar-refractivity contribution in [1.82, 2.24) is 4.98 Å². The molecule has 144 valence electrons. The highest BCUT2D eigenvalue weighted by atomic mass is 35.5. The Morgan fingerprint density at radius 1 is 1.15 bits per heavy atom. The number of sulfonamides is 1. The highest BCUT2D eigenvalue weighted by molar-refractivity contribution is 7.93. The number of benzene rings is 1. The molecule has 1 amide bonds. The number of hydrogen-bond acceptors (Lipinski definition) is 5. The third-order valence-corrected chi connectivity index (χ3v) is 6.50. The van der Waals surface area contributed by atoms with Gasteiger partial charge in [-0.05, 0) is 43.2 Å². The zero-order valence-corrected chi connectivity index (χ0v) is 16.1. The van der Waals surface area contributed by atoms with Gasteiger partial charge in [-0.15, -0.1) is 0 Å². The fraction of sp³-hybridized carbons (Fsp3) is 0.333. The fourth-order valence-electron chi connectivity index (χ4n) is 3.02. The highest BCUT2D eigenvalue weighted by Gasteiger charge is 2.27. The third-order valence-electron chi connectivity index (χ3n) is 4.43. The number of carbonyl (C=O) groups is 1. The lowest BCUT2D eigenvalue weighted by Gasteiger charge is -2.22. The molecule has 1 aromatic carbocycles. The molecule has 1 fully saturated rings. The molecular weight excluding hydrogens is 390 g/mol. The van der Waals surface area contributed by atoms with Crippen LogP contribution >= 0.6 is 11.6 Å². The van der Waals surface area contributed by atoms with Crippen LogP contribution in [0, 0.1) is 0 Å². The van der Waals surface area contributed by atoms with Crippen LogP contribution < -0.4 is 10.0 Å². The minimum absolute atomic E-state index is 0.0122. The topological polar surface area (TPSA) is 108 Å². The molecule has 27 heavy (non-hydrogen) atoms. The maximum Gasteiger partial charge on any atom is 0.274 e. The minimum atomic E-state index is -3.55. The van der Waals surface area contributed by atoms with Crippen molar-refractivity contribution in [1.29, 1.82) is 0 Å². The van der Waals surface area contributed by atoms with Gasteiger partial charge in [-0.3, -0.25) is 9.52 Å². The van der Waals surface area contributed by atoms with E-state index in [-0.39, 0.29) is 22.9 Å². The van der Waals surface area contributed by atoms with Gasteiger partial charge in [0, 0.05) is 5.02 Å². The van der Waals surface area contributed by atoms with E-state index in [0.29, 0.717) is 17.9 Å². The molecule has 0 spiro atoms. The van der Waals surface area contributed by atoms with Gasteiger partial charge in [0.1, 0.15) is 17.3 Å². The van der Waals surface area contributed by atoms with Gasteiger partial charge in [-0.2, -0.15) is 0 Å². The van der Waals surface area contributed by atoms with Crippen LogP contribution in [0.2, 0.25) is 5.02 Å². The normalized spacial score (nSPS) is 15.3. The second kappa shape index (κ2) is 8.14. The molecule has 0 aliphatic heterocycles. The number of halogens is 1. The molecule has 9 heteroatoms. The van der Waals surface area contributed by atoms with Gasteiger partial charge in [0.15, 0.2) is 0 Å². The molecule has 1 aromatic heterocycles. The zero-order valence-electron chi connectivity index (χ0n) is 14.5. The first kappa shape index (κ1) is 19.4. The lowest BCUT2D eigenvalue weighted by Crippen LogP contribution is -2.30. The van der Waals surface area contributed by atoms with Crippen LogP contribution in [0.3, 0.4) is 0 Å². The summed E-state index contributed by atoms with van der Waals surface area (Å²) in [6.07, 6.45) is 4.10. The number of phenols is 1. The van der Waals surface area contributed by atoms with Crippen LogP contribution in [0.1, 0.15) is 42.6 Å². The van der Waals surface area contributed by atoms with Gasteiger partial charge in [-0.25, -0.2) is 13.4 Å². The molecule has 0 radical (unpaired) electrons. The number of aromatic hydroxyl groups is 1. The maximum atomic E-state index is 12.5. The first-order valence-corrected chi connectivity index (χ1v) is 10.6. The number of nitrogens with one attached hydrogen (secondary N) is 2. The van der Waals surface area contributed by atoms with Gasteiger partial charge in [0.25, 0.3) is 5.91 Å². The Labute approximate surface area is 162 Å². The molecule has 3 N–H and O–H groups in total. The van der Waals surface area contributed by atoms with Crippen LogP contribution in [0.5, 0.6) is 5.75 Å². The number of carbonyl (C=O) groups excluding carboxylic acids is 1. The summed E-state index contributed by atoms with van der Waals surface area (Å²) in [7, 11) is -3.55. The average molecular weight is 410 g/mol. The Kier molecular flexibility index (Phi) is 5.86. The number of anilines is 2. The van der Waals surface area contributed by atoms with E-state index in [4.69, 9.17) is 11.6 Å². The Balaban J connectivity index is 1.74. The lowest BCUT2D eigenvalue weighted by molar-refractivity contribution is 0.102.